The molecule has 3 aromatic rings. The fourth-order valence-corrected chi connectivity index (χ4v) is 4.80. The van der Waals surface area contributed by atoms with Crippen LogP contribution in [0.1, 0.15) is 20.2 Å². The largest absolute Gasteiger partial charge is 0.371 e. The van der Waals surface area contributed by atoms with Crippen molar-refractivity contribution in [2.24, 2.45) is 0 Å². The zero-order valence-electron chi connectivity index (χ0n) is 15.8. The number of thiophene rings is 1. The maximum absolute atomic E-state index is 12.9. The van der Waals surface area contributed by atoms with Crippen LogP contribution < -0.4 is 5.32 Å². The van der Waals surface area contributed by atoms with Crippen LogP contribution in [-0.2, 0) is 9.47 Å². The molecule has 2 aliphatic heterocycles. The standard InChI is InChI=1S/C20H19ClN4O4S/c21-13-4-6-30-17(13)19(26)23-12-9-28-15-7-25(8-16(15)29-10-12)20(27)14-2-1-11-3-5-22-18(11)24-14/h1-6,12,15-16H,7-10H2,(H,22,24)(H,23,26)/t15-,16-/m0/s1. The van der Waals surface area contributed by atoms with Gasteiger partial charge in [-0.05, 0) is 29.6 Å². The van der Waals surface area contributed by atoms with Crippen LogP contribution in [0.4, 0.5) is 0 Å². The predicted molar refractivity (Wildman–Crippen MR) is 112 cm³/mol. The van der Waals surface area contributed by atoms with E-state index >= 15 is 0 Å². The molecule has 5 heterocycles. The van der Waals surface area contributed by atoms with Gasteiger partial charge in [-0.25, -0.2) is 4.98 Å². The van der Waals surface area contributed by atoms with Gasteiger partial charge in [-0.15, -0.1) is 11.3 Å². The molecule has 0 saturated carbocycles. The van der Waals surface area contributed by atoms with E-state index in [0.29, 0.717) is 47.5 Å². The highest BCUT2D eigenvalue weighted by atomic mass is 35.5. The lowest BCUT2D eigenvalue weighted by Crippen LogP contribution is -2.41. The predicted octanol–water partition coefficient (Wildman–Crippen LogP) is 2.32. The lowest BCUT2D eigenvalue weighted by molar-refractivity contribution is -0.00461. The van der Waals surface area contributed by atoms with Gasteiger partial charge in [0.2, 0.25) is 0 Å². The van der Waals surface area contributed by atoms with Crippen LogP contribution in [0.15, 0.2) is 35.8 Å². The van der Waals surface area contributed by atoms with Crippen molar-refractivity contribution in [2.45, 2.75) is 18.2 Å². The van der Waals surface area contributed by atoms with E-state index in [2.05, 4.69) is 15.3 Å². The fraction of sp³-hybridized carbons (Fsp3) is 0.350. The van der Waals surface area contributed by atoms with E-state index in [1.54, 1.807) is 28.6 Å². The molecule has 3 aromatic heterocycles. The molecule has 8 nitrogen and oxygen atoms in total. The van der Waals surface area contributed by atoms with Crippen LogP contribution in [0.25, 0.3) is 11.0 Å². The van der Waals surface area contributed by atoms with Crippen molar-refractivity contribution in [1.82, 2.24) is 20.2 Å². The highest BCUT2D eigenvalue weighted by Crippen LogP contribution is 2.24. The summed E-state index contributed by atoms with van der Waals surface area (Å²) in [4.78, 5) is 34.9. The Hall–Kier alpha value is -2.46. The van der Waals surface area contributed by atoms with Crippen molar-refractivity contribution in [3.63, 3.8) is 0 Å². The SMILES string of the molecule is O=C(NC1CO[C@H]2CN(C(=O)c3ccc4cc[nH]c4n3)C[C@@H]2OC1)c1sccc1Cl. The summed E-state index contributed by atoms with van der Waals surface area (Å²) in [5.74, 6) is -0.384. The summed E-state index contributed by atoms with van der Waals surface area (Å²) in [6.45, 7) is 1.46. The monoisotopic (exact) mass is 446 g/mol. The van der Waals surface area contributed by atoms with Gasteiger partial charge >= 0.3 is 0 Å². The average Bonchev–Trinajstić information content (AvgIpc) is 3.46. The number of nitrogens with one attached hydrogen (secondary N) is 2. The second kappa shape index (κ2) is 7.99. The van der Waals surface area contributed by atoms with Crippen molar-refractivity contribution in [2.75, 3.05) is 26.3 Å². The summed E-state index contributed by atoms with van der Waals surface area (Å²) in [5.41, 5.74) is 1.07. The van der Waals surface area contributed by atoms with E-state index in [1.807, 2.05) is 12.1 Å². The Morgan fingerprint density at radius 1 is 1.17 bits per heavy atom. The highest BCUT2D eigenvalue weighted by Gasteiger charge is 2.40. The average molecular weight is 447 g/mol. The van der Waals surface area contributed by atoms with Crippen LogP contribution in [-0.4, -0.2) is 71.2 Å². The molecule has 2 amide bonds. The second-order valence-electron chi connectivity index (χ2n) is 7.33. The van der Waals surface area contributed by atoms with Crippen LogP contribution in [0, 0.1) is 0 Å². The van der Waals surface area contributed by atoms with Crippen molar-refractivity contribution >= 4 is 45.8 Å². The van der Waals surface area contributed by atoms with Gasteiger partial charge < -0.3 is 24.7 Å². The number of amides is 2. The maximum Gasteiger partial charge on any atom is 0.272 e. The molecule has 0 spiro atoms. The van der Waals surface area contributed by atoms with E-state index in [1.165, 1.54) is 11.3 Å². The Labute approximate surface area is 181 Å². The van der Waals surface area contributed by atoms with Crippen molar-refractivity contribution in [3.05, 3.63) is 51.4 Å². The van der Waals surface area contributed by atoms with Crippen LogP contribution in [0.3, 0.4) is 0 Å². The number of carbonyl (C=O) groups excluding carboxylic acids is 2. The number of halogens is 1. The van der Waals surface area contributed by atoms with Gasteiger partial charge in [-0.1, -0.05) is 11.6 Å². The first-order valence-corrected chi connectivity index (χ1v) is 10.8. The number of ether oxygens (including phenoxy) is 2. The summed E-state index contributed by atoms with van der Waals surface area (Å²) >= 11 is 7.32. The molecule has 0 aromatic carbocycles. The third-order valence-corrected chi connectivity index (χ3v) is 6.65. The van der Waals surface area contributed by atoms with Crippen molar-refractivity contribution in [3.8, 4) is 0 Å². The molecule has 10 heteroatoms. The van der Waals surface area contributed by atoms with Gasteiger partial charge in [0.15, 0.2) is 0 Å². The molecule has 5 rings (SSSR count). The Balaban J connectivity index is 1.20. The molecule has 2 fully saturated rings. The van der Waals surface area contributed by atoms with Crippen LogP contribution in [0.2, 0.25) is 5.02 Å². The van der Waals surface area contributed by atoms with Gasteiger partial charge in [0.25, 0.3) is 11.8 Å². The van der Waals surface area contributed by atoms with Crippen LogP contribution in [0.5, 0.6) is 0 Å². The number of fused-ring (bicyclic) bond motifs is 2. The van der Waals surface area contributed by atoms with Gasteiger partial charge in [-0.3, -0.25) is 9.59 Å². The van der Waals surface area contributed by atoms with Gasteiger partial charge in [0.05, 0.1) is 24.3 Å². The minimum atomic E-state index is -0.276. The van der Waals surface area contributed by atoms with Crippen molar-refractivity contribution in [1.29, 1.82) is 0 Å². The van der Waals surface area contributed by atoms with Crippen LogP contribution >= 0.6 is 22.9 Å². The normalized spacial score (nSPS) is 22.1. The number of hydrogen-bond acceptors (Lipinski definition) is 6. The molecule has 156 valence electrons. The quantitative estimate of drug-likeness (QED) is 0.643. The molecule has 2 N–H and O–H groups in total. The fourth-order valence-electron chi connectivity index (χ4n) is 3.76. The molecule has 2 aliphatic rings. The highest BCUT2D eigenvalue weighted by molar-refractivity contribution is 7.12. The number of carbonyl (C=O) groups is 2. The number of nitrogens with zero attached hydrogens (tertiary/aromatic N) is 2. The first-order valence-electron chi connectivity index (χ1n) is 9.59. The molecule has 2 atom stereocenters. The van der Waals surface area contributed by atoms with E-state index < -0.39 is 0 Å². The van der Waals surface area contributed by atoms with E-state index in [-0.39, 0.29) is 30.1 Å². The van der Waals surface area contributed by atoms with Crippen molar-refractivity contribution < 1.29 is 19.1 Å². The smallest absolute Gasteiger partial charge is 0.272 e. The lowest BCUT2D eigenvalue weighted by Gasteiger charge is -2.19. The first kappa shape index (κ1) is 19.5. The minimum Gasteiger partial charge on any atom is -0.371 e. The van der Waals surface area contributed by atoms with Gasteiger partial charge in [0.1, 0.15) is 28.4 Å². The number of hydrogen-bond donors (Lipinski definition) is 2. The molecule has 30 heavy (non-hydrogen) atoms. The molecule has 0 bridgehead atoms. The van der Waals surface area contributed by atoms with E-state index in [4.69, 9.17) is 21.1 Å². The summed E-state index contributed by atoms with van der Waals surface area (Å²) in [6, 6.07) is 6.94. The lowest BCUT2D eigenvalue weighted by atomic mass is 10.2. The Morgan fingerprint density at radius 3 is 2.63 bits per heavy atom. The molecular weight excluding hydrogens is 428 g/mol. The summed E-state index contributed by atoms with van der Waals surface area (Å²) in [5, 5.41) is 6.08. The Morgan fingerprint density at radius 2 is 1.93 bits per heavy atom. The third-order valence-electron chi connectivity index (χ3n) is 5.31. The number of pyridine rings is 1. The molecular formula is C20H19ClN4O4S. The molecule has 0 unspecified atom stereocenters. The topological polar surface area (TPSA) is 96.6 Å². The Bertz CT molecular complexity index is 1080. The first-order chi connectivity index (χ1) is 14.6. The second-order valence-corrected chi connectivity index (χ2v) is 8.66. The van der Waals surface area contributed by atoms with Gasteiger partial charge in [-0.2, -0.15) is 0 Å². The zero-order chi connectivity index (χ0) is 20.7. The van der Waals surface area contributed by atoms with E-state index in [9.17, 15) is 9.59 Å². The number of likely N-dealkylation sites (tertiary alicyclic amines) is 1. The third kappa shape index (κ3) is 3.69. The molecule has 2 saturated heterocycles. The summed E-state index contributed by atoms with van der Waals surface area (Å²) in [6.07, 6.45) is 1.31. The molecule has 0 aliphatic carbocycles. The number of aromatic nitrogens is 2. The van der Waals surface area contributed by atoms with E-state index in [0.717, 1.165) is 5.39 Å². The maximum atomic E-state index is 12.9. The van der Waals surface area contributed by atoms with Gasteiger partial charge in [0, 0.05) is 24.7 Å². The zero-order valence-corrected chi connectivity index (χ0v) is 17.4. The molecule has 0 radical (unpaired) electrons. The minimum absolute atomic E-state index is 0.149. The summed E-state index contributed by atoms with van der Waals surface area (Å²) < 4.78 is 11.9. The number of aromatic amines is 1. The number of rotatable bonds is 3. The Kier molecular flexibility index (Phi) is 5.20. The summed E-state index contributed by atoms with van der Waals surface area (Å²) in [7, 11) is 0. The number of H-pyrrole nitrogens is 1.